The van der Waals surface area contributed by atoms with Gasteiger partial charge in [0.15, 0.2) is 5.84 Å². The number of rotatable bonds is 4. The van der Waals surface area contributed by atoms with Crippen molar-refractivity contribution in [3.8, 4) is 11.3 Å². The van der Waals surface area contributed by atoms with Crippen LogP contribution in [0.5, 0.6) is 0 Å². The SMILES string of the molecule is N=C1/C(=C\c2ccc(-c3cc(Cl)ccc3Cl)o2)C(=O)N=C2SC(Cc3ccccc3)=NN12. The summed E-state index contributed by atoms with van der Waals surface area (Å²) in [6.45, 7) is 0. The third kappa shape index (κ3) is 4.02. The number of benzene rings is 2. The third-order valence-electron chi connectivity index (χ3n) is 4.80. The smallest absolute Gasteiger partial charge is 0.283 e. The molecule has 2 aliphatic rings. The summed E-state index contributed by atoms with van der Waals surface area (Å²) in [5.74, 6) is 0.337. The van der Waals surface area contributed by atoms with Crippen molar-refractivity contribution < 1.29 is 9.21 Å². The van der Waals surface area contributed by atoms with E-state index in [4.69, 9.17) is 33.0 Å². The summed E-state index contributed by atoms with van der Waals surface area (Å²) in [7, 11) is 0. The van der Waals surface area contributed by atoms with Gasteiger partial charge < -0.3 is 4.42 Å². The highest BCUT2D eigenvalue weighted by Gasteiger charge is 2.35. The van der Waals surface area contributed by atoms with Crippen LogP contribution in [-0.2, 0) is 11.2 Å². The van der Waals surface area contributed by atoms with Crippen LogP contribution in [-0.4, -0.2) is 27.0 Å². The number of aliphatic imine (C=N–C) groups is 1. The zero-order valence-corrected chi connectivity index (χ0v) is 18.7. The van der Waals surface area contributed by atoms with Gasteiger partial charge in [-0.25, -0.2) is 0 Å². The van der Waals surface area contributed by atoms with Crippen LogP contribution in [0.2, 0.25) is 10.0 Å². The van der Waals surface area contributed by atoms with Crippen molar-refractivity contribution >= 4 is 63.0 Å². The first-order valence-electron chi connectivity index (χ1n) is 9.56. The first-order valence-corrected chi connectivity index (χ1v) is 11.1. The van der Waals surface area contributed by atoms with Gasteiger partial charge in [-0.1, -0.05) is 53.5 Å². The number of hydrogen-bond acceptors (Lipinski definition) is 5. The molecule has 9 heteroatoms. The first-order chi connectivity index (χ1) is 15.5. The molecule has 0 spiro atoms. The predicted molar refractivity (Wildman–Crippen MR) is 129 cm³/mol. The number of nitrogens with one attached hydrogen (secondary N) is 1. The number of amidine groups is 2. The van der Waals surface area contributed by atoms with Crippen LogP contribution in [0.1, 0.15) is 11.3 Å². The number of fused-ring (bicyclic) bond motifs is 1. The Balaban J connectivity index is 1.41. The quantitative estimate of drug-likeness (QED) is 0.456. The Hall–Kier alpha value is -3.13. The number of carbonyl (C=O) groups is 1. The molecule has 0 atom stereocenters. The molecule has 6 nitrogen and oxygen atoms in total. The minimum absolute atomic E-state index is 0.0469. The number of nitrogens with zero attached hydrogens (tertiary/aromatic N) is 3. The van der Waals surface area contributed by atoms with E-state index < -0.39 is 5.91 Å². The van der Waals surface area contributed by atoms with E-state index in [1.54, 1.807) is 30.3 Å². The van der Waals surface area contributed by atoms with Gasteiger partial charge in [-0.3, -0.25) is 10.2 Å². The normalized spacial score (nSPS) is 16.9. The van der Waals surface area contributed by atoms with Gasteiger partial charge in [-0.15, -0.1) is 0 Å². The van der Waals surface area contributed by atoms with Crippen molar-refractivity contribution in [3.05, 3.63) is 87.6 Å². The van der Waals surface area contributed by atoms with Crippen molar-refractivity contribution in [3.63, 3.8) is 0 Å². The van der Waals surface area contributed by atoms with E-state index in [9.17, 15) is 4.79 Å². The Kier molecular flexibility index (Phi) is 5.46. The van der Waals surface area contributed by atoms with Crippen LogP contribution in [0, 0.1) is 5.41 Å². The van der Waals surface area contributed by atoms with E-state index in [1.807, 2.05) is 30.3 Å². The molecule has 0 bridgehead atoms. The van der Waals surface area contributed by atoms with Crippen molar-refractivity contribution in [1.82, 2.24) is 5.01 Å². The van der Waals surface area contributed by atoms with E-state index in [2.05, 4.69) is 10.1 Å². The molecular formula is C23H14Cl2N4O2S. The average Bonchev–Trinajstić information content (AvgIpc) is 3.40. The molecule has 0 unspecified atom stereocenters. The lowest BCUT2D eigenvalue weighted by molar-refractivity contribution is -0.114. The Morgan fingerprint density at radius 3 is 2.72 bits per heavy atom. The van der Waals surface area contributed by atoms with Gasteiger partial charge in [0.2, 0.25) is 5.17 Å². The maximum absolute atomic E-state index is 12.6. The largest absolute Gasteiger partial charge is 0.457 e. The highest BCUT2D eigenvalue weighted by atomic mass is 35.5. The Bertz CT molecular complexity index is 1350. The molecule has 1 aromatic heterocycles. The molecule has 0 fully saturated rings. The molecule has 1 N–H and O–H groups in total. The van der Waals surface area contributed by atoms with Gasteiger partial charge >= 0.3 is 0 Å². The van der Waals surface area contributed by atoms with Crippen LogP contribution < -0.4 is 0 Å². The lowest BCUT2D eigenvalue weighted by Crippen LogP contribution is -2.35. The fourth-order valence-corrected chi connectivity index (χ4v) is 4.58. The van der Waals surface area contributed by atoms with E-state index in [0.29, 0.717) is 38.7 Å². The maximum atomic E-state index is 12.6. The number of hydrogen-bond donors (Lipinski definition) is 1. The Morgan fingerprint density at radius 2 is 1.91 bits per heavy atom. The zero-order chi connectivity index (χ0) is 22.2. The van der Waals surface area contributed by atoms with Gasteiger partial charge in [0.25, 0.3) is 5.91 Å². The molecule has 0 saturated carbocycles. The van der Waals surface area contributed by atoms with Gasteiger partial charge in [-0.05, 0) is 53.7 Å². The van der Waals surface area contributed by atoms with Gasteiger partial charge in [0.1, 0.15) is 16.6 Å². The summed E-state index contributed by atoms with van der Waals surface area (Å²) in [5, 5.41) is 16.6. The average molecular weight is 481 g/mol. The lowest BCUT2D eigenvalue weighted by atomic mass is 10.1. The van der Waals surface area contributed by atoms with Gasteiger partial charge in [-0.2, -0.15) is 15.1 Å². The van der Waals surface area contributed by atoms with Gasteiger partial charge in [0, 0.05) is 17.0 Å². The van der Waals surface area contributed by atoms with Crippen LogP contribution in [0.15, 0.2) is 80.7 Å². The number of furan rings is 1. The van der Waals surface area contributed by atoms with E-state index in [1.165, 1.54) is 22.8 Å². The van der Waals surface area contributed by atoms with Crippen molar-refractivity contribution in [2.45, 2.75) is 6.42 Å². The third-order valence-corrected chi connectivity index (χ3v) is 6.27. The molecule has 32 heavy (non-hydrogen) atoms. The molecule has 5 rings (SSSR count). The number of carbonyl (C=O) groups excluding carboxylic acids is 1. The molecule has 0 aliphatic carbocycles. The summed E-state index contributed by atoms with van der Waals surface area (Å²) >= 11 is 13.6. The second kappa shape index (κ2) is 8.43. The number of thioether (sulfide) groups is 1. The molecule has 158 valence electrons. The molecule has 0 radical (unpaired) electrons. The minimum Gasteiger partial charge on any atom is -0.457 e. The molecule has 3 heterocycles. The second-order valence-corrected chi connectivity index (χ2v) is 8.89. The monoisotopic (exact) mass is 480 g/mol. The summed E-state index contributed by atoms with van der Waals surface area (Å²) in [4.78, 5) is 16.7. The van der Waals surface area contributed by atoms with Crippen molar-refractivity contribution in [1.29, 1.82) is 5.41 Å². The summed E-state index contributed by atoms with van der Waals surface area (Å²) in [6, 6.07) is 18.4. The van der Waals surface area contributed by atoms with Crippen molar-refractivity contribution in [2.75, 3.05) is 0 Å². The van der Waals surface area contributed by atoms with Crippen LogP contribution >= 0.6 is 35.0 Å². The number of halogens is 2. The van der Waals surface area contributed by atoms with E-state index >= 15 is 0 Å². The Morgan fingerprint density at radius 1 is 1.09 bits per heavy atom. The first kappa shape index (κ1) is 20.8. The lowest BCUT2D eigenvalue weighted by Gasteiger charge is -2.19. The summed E-state index contributed by atoms with van der Waals surface area (Å²) in [6.07, 6.45) is 2.09. The standard InChI is InChI=1S/C23H14Cl2N4O2S/c24-14-6-8-18(25)16(11-14)19-9-7-15(31-19)12-17-21(26)29-23(27-22(17)30)32-20(28-29)10-13-4-2-1-3-5-13/h1-9,11-12,26H,10H2/b17-12+,26-21?. The fourth-order valence-electron chi connectivity index (χ4n) is 3.28. The van der Waals surface area contributed by atoms with E-state index in [-0.39, 0.29) is 11.4 Å². The van der Waals surface area contributed by atoms with Gasteiger partial charge in [0.05, 0.1) is 10.6 Å². The molecule has 3 aromatic rings. The van der Waals surface area contributed by atoms with Crippen LogP contribution in [0.25, 0.3) is 17.4 Å². The Labute approximate surface area is 197 Å². The topological polar surface area (TPSA) is 82.0 Å². The zero-order valence-electron chi connectivity index (χ0n) is 16.4. The van der Waals surface area contributed by atoms with Crippen LogP contribution in [0.4, 0.5) is 0 Å². The minimum atomic E-state index is -0.511. The summed E-state index contributed by atoms with van der Waals surface area (Å²) < 4.78 is 5.84. The maximum Gasteiger partial charge on any atom is 0.283 e. The van der Waals surface area contributed by atoms with E-state index in [0.717, 1.165) is 10.6 Å². The molecular weight excluding hydrogens is 467 g/mol. The molecule has 1 amide bonds. The summed E-state index contributed by atoms with van der Waals surface area (Å²) in [5.41, 5.74) is 1.83. The molecule has 2 aliphatic heterocycles. The number of hydrazone groups is 1. The second-order valence-electron chi connectivity index (χ2n) is 7.00. The predicted octanol–water partition coefficient (Wildman–Crippen LogP) is 6.12. The molecule has 2 aromatic carbocycles. The van der Waals surface area contributed by atoms with Crippen molar-refractivity contribution in [2.24, 2.45) is 10.1 Å². The van der Waals surface area contributed by atoms with Crippen LogP contribution in [0.3, 0.4) is 0 Å². The highest BCUT2D eigenvalue weighted by molar-refractivity contribution is 8.26. The molecule has 0 saturated heterocycles. The number of amides is 1. The fraction of sp³-hybridized carbons (Fsp3) is 0.0435. The highest BCUT2D eigenvalue weighted by Crippen LogP contribution is 2.33.